The monoisotopic (exact) mass is 328 g/mol. The summed E-state index contributed by atoms with van der Waals surface area (Å²) in [6.45, 7) is 0. The lowest BCUT2D eigenvalue weighted by molar-refractivity contribution is 0.595. The van der Waals surface area contributed by atoms with Gasteiger partial charge in [0.05, 0.1) is 11.0 Å². The second-order valence-corrected chi connectivity index (χ2v) is 6.86. The predicted molar refractivity (Wildman–Crippen MR) is 90.9 cm³/mol. The van der Waals surface area contributed by atoms with Crippen LogP contribution in [-0.4, -0.2) is 43.7 Å². The van der Waals surface area contributed by atoms with Crippen LogP contribution in [-0.2, 0) is 10.0 Å². The standard InChI is InChI=1S/C16H16N4O2S/c1-20(2)11-17-23(21,22)15-10-6-3-7-12(15)16-18-13-8-4-5-9-14(13)19-16/h3-11H,1-2H3,(H,18,19)/b17-11+. The van der Waals surface area contributed by atoms with Crippen LogP contribution in [0.5, 0.6) is 0 Å². The first-order chi connectivity index (χ1) is 11.0. The molecule has 0 unspecified atom stereocenters. The van der Waals surface area contributed by atoms with E-state index in [1.807, 2.05) is 24.3 Å². The quantitative estimate of drug-likeness (QED) is 0.589. The minimum atomic E-state index is -3.80. The van der Waals surface area contributed by atoms with Crippen molar-refractivity contribution in [2.45, 2.75) is 4.90 Å². The van der Waals surface area contributed by atoms with Gasteiger partial charge in [0.25, 0.3) is 10.0 Å². The Morgan fingerprint density at radius 1 is 1.09 bits per heavy atom. The molecular weight excluding hydrogens is 312 g/mol. The largest absolute Gasteiger partial charge is 0.368 e. The van der Waals surface area contributed by atoms with Gasteiger partial charge in [-0.15, -0.1) is 4.40 Å². The number of H-pyrrole nitrogens is 1. The maximum absolute atomic E-state index is 12.5. The molecule has 0 aliphatic rings. The van der Waals surface area contributed by atoms with Gasteiger partial charge in [-0.2, -0.15) is 8.42 Å². The van der Waals surface area contributed by atoms with E-state index < -0.39 is 10.0 Å². The Morgan fingerprint density at radius 2 is 1.78 bits per heavy atom. The highest BCUT2D eigenvalue weighted by atomic mass is 32.2. The van der Waals surface area contributed by atoms with E-state index in [2.05, 4.69) is 14.4 Å². The van der Waals surface area contributed by atoms with Crippen molar-refractivity contribution in [3.05, 3.63) is 48.5 Å². The molecule has 0 aliphatic carbocycles. The first-order valence-corrected chi connectivity index (χ1v) is 8.42. The summed E-state index contributed by atoms with van der Waals surface area (Å²) in [7, 11) is -0.379. The Labute approximate surface area is 134 Å². The molecule has 0 amide bonds. The molecule has 0 fully saturated rings. The van der Waals surface area contributed by atoms with E-state index in [-0.39, 0.29) is 4.90 Å². The summed E-state index contributed by atoms with van der Waals surface area (Å²) in [6, 6.07) is 14.2. The first-order valence-electron chi connectivity index (χ1n) is 6.98. The van der Waals surface area contributed by atoms with E-state index in [9.17, 15) is 8.42 Å². The molecule has 0 saturated carbocycles. The summed E-state index contributed by atoms with van der Waals surface area (Å²) in [5.41, 5.74) is 2.14. The second-order valence-electron chi connectivity index (χ2n) is 5.26. The number of hydrogen-bond acceptors (Lipinski definition) is 3. The van der Waals surface area contributed by atoms with Gasteiger partial charge >= 0.3 is 0 Å². The smallest absolute Gasteiger partial charge is 0.284 e. The van der Waals surface area contributed by atoms with Crippen molar-refractivity contribution in [2.75, 3.05) is 14.1 Å². The second kappa shape index (κ2) is 5.85. The van der Waals surface area contributed by atoms with E-state index in [4.69, 9.17) is 0 Å². The van der Waals surface area contributed by atoms with Gasteiger partial charge in [-0.25, -0.2) is 4.98 Å². The van der Waals surface area contributed by atoms with Gasteiger partial charge in [0, 0.05) is 19.7 Å². The van der Waals surface area contributed by atoms with Gasteiger partial charge in [0.1, 0.15) is 17.1 Å². The summed E-state index contributed by atoms with van der Waals surface area (Å²) < 4.78 is 28.7. The number of aromatic amines is 1. The maximum atomic E-state index is 12.5. The van der Waals surface area contributed by atoms with E-state index in [1.54, 1.807) is 37.2 Å². The molecule has 2 aromatic carbocycles. The van der Waals surface area contributed by atoms with Crippen LogP contribution in [0.4, 0.5) is 0 Å². The number of imidazole rings is 1. The van der Waals surface area contributed by atoms with E-state index >= 15 is 0 Å². The lowest BCUT2D eigenvalue weighted by atomic mass is 10.2. The van der Waals surface area contributed by atoms with Gasteiger partial charge in [-0.3, -0.25) is 0 Å². The third-order valence-corrected chi connectivity index (χ3v) is 4.51. The Hall–Kier alpha value is -2.67. The average Bonchev–Trinajstić information content (AvgIpc) is 2.97. The van der Waals surface area contributed by atoms with Gasteiger partial charge < -0.3 is 9.88 Å². The van der Waals surface area contributed by atoms with Crippen molar-refractivity contribution < 1.29 is 8.42 Å². The first kappa shape index (κ1) is 15.2. The molecule has 3 aromatic rings. The van der Waals surface area contributed by atoms with Crippen molar-refractivity contribution >= 4 is 27.4 Å². The van der Waals surface area contributed by atoms with Crippen LogP contribution in [0.15, 0.2) is 57.8 Å². The minimum absolute atomic E-state index is 0.122. The van der Waals surface area contributed by atoms with Crippen molar-refractivity contribution in [1.82, 2.24) is 14.9 Å². The molecule has 0 bridgehead atoms. The van der Waals surface area contributed by atoms with Crippen LogP contribution in [0.1, 0.15) is 0 Å². The molecule has 0 atom stereocenters. The number of benzene rings is 2. The van der Waals surface area contributed by atoms with Crippen LogP contribution in [0.3, 0.4) is 0 Å². The number of para-hydroxylation sites is 2. The third-order valence-electron chi connectivity index (χ3n) is 3.23. The number of rotatable bonds is 4. The Kier molecular flexibility index (Phi) is 3.87. The maximum Gasteiger partial charge on any atom is 0.284 e. The predicted octanol–water partition coefficient (Wildman–Crippen LogP) is 2.51. The molecular formula is C16H16N4O2S. The molecule has 6 nitrogen and oxygen atoms in total. The number of nitrogens with one attached hydrogen (secondary N) is 1. The van der Waals surface area contributed by atoms with Crippen molar-refractivity contribution in [2.24, 2.45) is 4.40 Å². The van der Waals surface area contributed by atoms with Crippen LogP contribution < -0.4 is 0 Å². The van der Waals surface area contributed by atoms with Gasteiger partial charge in [0.2, 0.25) is 0 Å². The molecule has 118 valence electrons. The van der Waals surface area contributed by atoms with Crippen molar-refractivity contribution in [3.8, 4) is 11.4 Å². The number of fused-ring (bicyclic) bond motifs is 1. The molecule has 3 rings (SSSR count). The number of aromatic nitrogens is 2. The normalized spacial score (nSPS) is 12.1. The highest BCUT2D eigenvalue weighted by molar-refractivity contribution is 7.90. The Bertz CT molecular complexity index is 941. The lowest BCUT2D eigenvalue weighted by Crippen LogP contribution is -2.10. The molecule has 1 N–H and O–H groups in total. The van der Waals surface area contributed by atoms with Gasteiger partial charge in [-0.05, 0) is 24.3 Å². The summed E-state index contributed by atoms with van der Waals surface area (Å²) in [5, 5.41) is 0. The zero-order valence-corrected chi connectivity index (χ0v) is 13.6. The summed E-state index contributed by atoms with van der Waals surface area (Å²) in [6.07, 6.45) is 1.27. The SMILES string of the molecule is CN(C)/C=N/S(=O)(=O)c1ccccc1-c1nc2ccccc2[nH]1. The Balaban J connectivity index is 2.14. The Morgan fingerprint density at radius 3 is 2.52 bits per heavy atom. The van der Waals surface area contributed by atoms with Gasteiger partial charge in [0.15, 0.2) is 0 Å². The topological polar surface area (TPSA) is 78.4 Å². The summed E-state index contributed by atoms with van der Waals surface area (Å²) in [4.78, 5) is 9.31. The van der Waals surface area contributed by atoms with Crippen LogP contribution >= 0.6 is 0 Å². The third kappa shape index (κ3) is 3.09. The molecule has 23 heavy (non-hydrogen) atoms. The number of hydrogen-bond donors (Lipinski definition) is 1. The number of sulfonamides is 1. The van der Waals surface area contributed by atoms with Crippen LogP contribution in [0.25, 0.3) is 22.4 Å². The van der Waals surface area contributed by atoms with E-state index in [1.165, 1.54) is 12.4 Å². The van der Waals surface area contributed by atoms with Gasteiger partial charge in [-0.1, -0.05) is 24.3 Å². The molecule has 0 saturated heterocycles. The highest BCUT2D eigenvalue weighted by Gasteiger charge is 2.19. The van der Waals surface area contributed by atoms with E-state index in [0.717, 1.165) is 11.0 Å². The van der Waals surface area contributed by atoms with Crippen LogP contribution in [0, 0.1) is 0 Å². The zero-order valence-electron chi connectivity index (χ0n) is 12.8. The summed E-state index contributed by atoms with van der Waals surface area (Å²) >= 11 is 0. The molecule has 0 radical (unpaired) electrons. The van der Waals surface area contributed by atoms with E-state index in [0.29, 0.717) is 11.4 Å². The lowest BCUT2D eigenvalue weighted by Gasteiger charge is -2.06. The molecule has 0 aliphatic heterocycles. The average molecular weight is 328 g/mol. The van der Waals surface area contributed by atoms with Crippen molar-refractivity contribution in [3.63, 3.8) is 0 Å². The summed E-state index contributed by atoms with van der Waals surface area (Å²) in [5.74, 6) is 0.505. The molecule has 1 aromatic heterocycles. The highest BCUT2D eigenvalue weighted by Crippen LogP contribution is 2.28. The fraction of sp³-hybridized carbons (Fsp3) is 0.125. The minimum Gasteiger partial charge on any atom is -0.368 e. The van der Waals surface area contributed by atoms with Crippen LogP contribution in [0.2, 0.25) is 0 Å². The number of nitrogens with zero attached hydrogens (tertiary/aromatic N) is 3. The molecule has 7 heteroatoms. The molecule has 1 heterocycles. The van der Waals surface area contributed by atoms with Crippen molar-refractivity contribution in [1.29, 1.82) is 0 Å². The fourth-order valence-corrected chi connectivity index (χ4v) is 3.30. The fourth-order valence-electron chi connectivity index (χ4n) is 2.18. The zero-order chi connectivity index (χ0) is 16.4. The molecule has 0 spiro atoms.